The van der Waals surface area contributed by atoms with E-state index in [1.54, 1.807) is 6.92 Å². The Labute approximate surface area is 126 Å². The van der Waals surface area contributed by atoms with Gasteiger partial charge in [-0.2, -0.15) is 4.98 Å². The number of hydrogen-bond acceptors (Lipinski definition) is 5. The van der Waals surface area contributed by atoms with Crippen LogP contribution < -0.4 is 5.32 Å². The summed E-state index contributed by atoms with van der Waals surface area (Å²) >= 11 is 7.36. The molecule has 0 spiro atoms. The van der Waals surface area contributed by atoms with E-state index in [0.29, 0.717) is 31.0 Å². The largest absolute Gasteiger partial charge is 0.349 e. The molecule has 0 saturated carbocycles. The molecule has 2 aromatic rings. The number of nitrogens with one attached hydrogen (secondary N) is 1. The van der Waals surface area contributed by atoms with E-state index < -0.39 is 0 Å². The highest BCUT2D eigenvalue weighted by Crippen LogP contribution is 2.26. The number of hydrogen-bond donors (Lipinski definition) is 1. The molecular weight excluding hydrogens is 298 g/mol. The van der Waals surface area contributed by atoms with Crippen LogP contribution in [0.4, 0.5) is 0 Å². The predicted molar refractivity (Wildman–Crippen MR) is 77.9 cm³/mol. The molecule has 1 N–H and O–H groups in total. The van der Waals surface area contributed by atoms with Gasteiger partial charge in [0.2, 0.25) is 11.8 Å². The quantitative estimate of drug-likeness (QED) is 0.888. The van der Waals surface area contributed by atoms with Crippen LogP contribution in [0.1, 0.15) is 42.4 Å². The van der Waals surface area contributed by atoms with Crippen molar-refractivity contribution < 1.29 is 9.32 Å². The fourth-order valence-corrected chi connectivity index (χ4v) is 2.85. The van der Waals surface area contributed by atoms with Gasteiger partial charge < -0.3 is 9.84 Å². The number of carbonyl (C=O) groups excluding carboxylic acids is 1. The number of nitrogens with zero attached hydrogens (tertiary/aromatic N) is 2. The first kappa shape index (κ1) is 15.0. The van der Waals surface area contributed by atoms with E-state index in [9.17, 15) is 4.79 Å². The van der Waals surface area contributed by atoms with E-state index in [0.717, 1.165) is 9.21 Å². The van der Waals surface area contributed by atoms with Gasteiger partial charge in [0.15, 0.2) is 5.82 Å². The molecule has 0 aliphatic rings. The zero-order chi connectivity index (χ0) is 14.5. The molecule has 108 valence electrons. The minimum absolute atomic E-state index is 0.0123. The van der Waals surface area contributed by atoms with Crippen molar-refractivity contribution in [1.29, 1.82) is 0 Å². The molecule has 0 radical (unpaired) electrons. The average Bonchev–Trinajstić information content (AvgIpc) is 2.98. The molecular formula is C13H16ClN3O2S. The van der Waals surface area contributed by atoms with Crippen molar-refractivity contribution >= 4 is 28.8 Å². The fraction of sp³-hybridized carbons (Fsp3) is 0.462. The monoisotopic (exact) mass is 313 g/mol. The summed E-state index contributed by atoms with van der Waals surface area (Å²) in [4.78, 5) is 17.0. The summed E-state index contributed by atoms with van der Waals surface area (Å²) in [5.41, 5.74) is 0. The molecule has 0 unspecified atom stereocenters. The van der Waals surface area contributed by atoms with E-state index in [-0.39, 0.29) is 11.9 Å². The van der Waals surface area contributed by atoms with Crippen molar-refractivity contribution in [2.75, 3.05) is 0 Å². The van der Waals surface area contributed by atoms with Gasteiger partial charge >= 0.3 is 0 Å². The number of aryl methyl sites for hydroxylation is 2. The molecule has 5 nitrogen and oxygen atoms in total. The summed E-state index contributed by atoms with van der Waals surface area (Å²) in [6, 6.07) is 3.74. The Morgan fingerprint density at radius 2 is 2.35 bits per heavy atom. The molecule has 1 atom stereocenters. The second-order valence-corrected chi connectivity index (χ2v) is 6.27. The molecule has 0 aliphatic carbocycles. The molecule has 0 aromatic carbocycles. The standard InChI is InChI=1S/C13H16ClN3O2S/c1-8(10-6-7-11(14)20-10)15-12(18)4-3-5-13-16-9(2)17-19-13/h6-8H,3-5H2,1-2H3,(H,15,18)/t8-/m0/s1. The number of halogens is 1. The Hall–Kier alpha value is -1.40. The second-order valence-electron chi connectivity index (χ2n) is 4.52. The lowest BCUT2D eigenvalue weighted by atomic mass is 10.2. The van der Waals surface area contributed by atoms with Gasteiger partial charge in [-0.25, -0.2) is 0 Å². The van der Waals surface area contributed by atoms with E-state index in [2.05, 4.69) is 15.5 Å². The van der Waals surface area contributed by atoms with Gasteiger partial charge in [-0.15, -0.1) is 11.3 Å². The van der Waals surface area contributed by atoms with Gasteiger partial charge in [-0.05, 0) is 32.4 Å². The Morgan fingerprint density at radius 1 is 1.55 bits per heavy atom. The molecule has 0 bridgehead atoms. The van der Waals surface area contributed by atoms with Crippen molar-refractivity contribution in [2.24, 2.45) is 0 Å². The molecule has 0 aliphatic heterocycles. The first-order valence-corrected chi connectivity index (χ1v) is 7.58. The molecule has 1 amide bonds. The minimum atomic E-state index is -0.0225. The number of amides is 1. The summed E-state index contributed by atoms with van der Waals surface area (Å²) in [5, 5.41) is 6.65. The maximum absolute atomic E-state index is 11.8. The van der Waals surface area contributed by atoms with Crippen molar-refractivity contribution in [3.05, 3.63) is 33.1 Å². The van der Waals surface area contributed by atoms with Crippen LogP contribution in [-0.2, 0) is 11.2 Å². The Kier molecular flexibility index (Phi) is 5.14. The van der Waals surface area contributed by atoms with Crippen LogP contribution in [0.2, 0.25) is 4.34 Å². The van der Waals surface area contributed by atoms with Crippen LogP contribution in [0.3, 0.4) is 0 Å². The lowest BCUT2D eigenvalue weighted by Crippen LogP contribution is -2.25. The van der Waals surface area contributed by atoms with Crippen molar-refractivity contribution in [3.63, 3.8) is 0 Å². The van der Waals surface area contributed by atoms with Crippen molar-refractivity contribution in [1.82, 2.24) is 15.5 Å². The summed E-state index contributed by atoms with van der Waals surface area (Å²) in [6.07, 6.45) is 1.74. The first-order chi connectivity index (χ1) is 9.54. The highest BCUT2D eigenvalue weighted by atomic mass is 35.5. The van der Waals surface area contributed by atoms with Gasteiger partial charge in [0, 0.05) is 17.7 Å². The van der Waals surface area contributed by atoms with Crippen LogP contribution in [0.15, 0.2) is 16.7 Å². The molecule has 2 aromatic heterocycles. The van der Waals surface area contributed by atoms with Crippen molar-refractivity contribution in [3.8, 4) is 0 Å². The minimum Gasteiger partial charge on any atom is -0.349 e. The van der Waals surface area contributed by atoms with Crippen molar-refractivity contribution in [2.45, 2.75) is 39.2 Å². The third-order valence-corrected chi connectivity index (χ3v) is 4.18. The first-order valence-electron chi connectivity index (χ1n) is 6.38. The van der Waals surface area contributed by atoms with E-state index in [1.165, 1.54) is 11.3 Å². The third kappa shape index (κ3) is 4.31. The predicted octanol–water partition coefficient (Wildman–Crippen LogP) is 3.29. The van der Waals surface area contributed by atoms with Gasteiger partial charge in [-0.3, -0.25) is 4.79 Å². The highest BCUT2D eigenvalue weighted by Gasteiger charge is 2.12. The molecule has 2 heterocycles. The van der Waals surface area contributed by atoms with E-state index in [1.807, 2.05) is 19.1 Å². The van der Waals surface area contributed by atoms with E-state index >= 15 is 0 Å². The topological polar surface area (TPSA) is 68.0 Å². The third-order valence-electron chi connectivity index (χ3n) is 2.76. The SMILES string of the molecule is Cc1noc(CCCC(=O)N[C@@H](C)c2ccc(Cl)s2)n1. The summed E-state index contributed by atoms with van der Waals surface area (Å²) in [7, 11) is 0. The molecule has 0 fully saturated rings. The number of aromatic nitrogens is 2. The van der Waals surface area contributed by atoms with Gasteiger partial charge in [0.25, 0.3) is 0 Å². The van der Waals surface area contributed by atoms with Crippen LogP contribution >= 0.6 is 22.9 Å². The number of thiophene rings is 1. The Balaban J connectivity index is 1.72. The summed E-state index contributed by atoms with van der Waals surface area (Å²) < 4.78 is 5.72. The van der Waals surface area contributed by atoms with Gasteiger partial charge in [-0.1, -0.05) is 16.8 Å². The zero-order valence-electron chi connectivity index (χ0n) is 11.4. The lowest BCUT2D eigenvalue weighted by Gasteiger charge is -2.11. The second kappa shape index (κ2) is 6.85. The number of carbonyl (C=O) groups is 1. The average molecular weight is 314 g/mol. The maximum Gasteiger partial charge on any atom is 0.226 e. The maximum atomic E-state index is 11.8. The summed E-state index contributed by atoms with van der Waals surface area (Å²) in [6.45, 7) is 3.72. The molecule has 7 heteroatoms. The zero-order valence-corrected chi connectivity index (χ0v) is 12.9. The Bertz CT molecular complexity index is 582. The fourth-order valence-electron chi connectivity index (χ4n) is 1.79. The smallest absolute Gasteiger partial charge is 0.226 e. The van der Waals surface area contributed by atoms with Crippen LogP contribution in [-0.4, -0.2) is 16.0 Å². The Morgan fingerprint density at radius 3 is 2.95 bits per heavy atom. The van der Waals surface area contributed by atoms with Gasteiger partial charge in [0.1, 0.15) is 0 Å². The van der Waals surface area contributed by atoms with Crippen LogP contribution in [0.5, 0.6) is 0 Å². The highest BCUT2D eigenvalue weighted by molar-refractivity contribution is 7.16. The van der Waals surface area contributed by atoms with Gasteiger partial charge in [0.05, 0.1) is 10.4 Å². The number of rotatable bonds is 6. The normalized spacial score (nSPS) is 12.3. The molecule has 0 saturated heterocycles. The molecule has 20 heavy (non-hydrogen) atoms. The van der Waals surface area contributed by atoms with Crippen LogP contribution in [0.25, 0.3) is 0 Å². The molecule has 2 rings (SSSR count). The lowest BCUT2D eigenvalue weighted by molar-refractivity contribution is -0.121. The summed E-state index contributed by atoms with van der Waals surface area (Å²) in [5.74, 6) is 1.21. The van der Waals surface area contributed by atoms with E-state index in [4.69, 9.17) is 16.1 Å². The van der Waals surface area contributed by atoms with Crippen LogP contribution in [0, 0.1) is 6.92 Å².